The van der Waals surface area contributed by atoms with Crippen LogP contribution < -0.4 is 11.1 Å². The molecule has 1 saturated heterocycles. The highest BCUT2D eigenvalue weighted by atomic mass is 16.2. The molecule has 1 atom stereocenters. The van der Waals surface area contributed by atoms with Crippen molar-refractivity contribution in [3.05, 3.63) is 0 Å². The number of nitrogens with zero attached hydrogens (tertiary/aromatic N) is 1. The Balaban J connectivity index is 2.56. The molecule has 1 unspecified atom stereocenters. The fraction of sp³-hybridized carbons (Fsp3) is 0.667. The van der Waals surface area contributed by atoms with Gasteiger partial charge in [-0.2, -0.15) is 0 Å². The van der Waals surface area contributed by atoms with Gasteiger partial charge >= 0.3 is 0 Å². The third kappa shape index (κ3) is 2.93. The van der Waals surface area contributed by atoms with Crippen LogP contribution in [0.4, 0.5) is 0 Å². The Morgan fingerprint density at radius 3 is 2.67 bits per heavy atom. The summed E-state index contributed by atoms with van der Waals surface area (Å²) in [4.78, 5) is 34.8. The number of likely N-dealkylation sites (N-methyl/N-ethyl adjacent to an activating group) is 1. The van der Waals surface area contributed by atoms with E-state index < -0.39 is 5.91 Å². The summed E-state index contributed by atoms with van der Waals surface area (Å²) in [5, 5.41) is 2.58. The van der Waals surface area contributed by atoms with Crippen molar-refractivity contribution in [2.45, 2.75) is 13.3 Å². The maximum atomic E-state index is 11.8. The van der Waals surface area contributed by atoms with Crippen LogP contribution in [0.2, 0.25) is 0 Å². The maximum absolute atomic E-state index is 11.8. The average Bonchev–Trinajstić information content (AvgIpc) is 2.60. The van der Waals surface area contributed by atoms with E-state index in [1.807, 2.05) is 0 Å². The van der Waals surface area contributed by atoms with Gasteiger partial charge in [-0.05, 0) is 6.92 Å². The fourth-order valence-corrected chi connectivity index (χ4v) is 1.57. The molecule has 1 aliphatic heterocycles. The summed E-state index contributed by atoms with van der Waals surface area (Å²) in [6.45, 7) is 2.46. The van der Waals surface area contributed by atoms with Gasteiger partial charge < -0.3 is 16.0 Å². The molecule has 0 saturated carbocycles. The van der Waals surface area contributed by atoms with Gasteiger partial charge in [-0.3, -0.25) is 14.4 Å². The van der Waals surface area contributed by atoms with Gasteiger partial charge in [0.05, 0.1) is 12.5 Å². The minimum absolute atomic E-state index is 0.0833. The lowest BCUT2D eigenvalue weighted by Gasteiger charge is -2.21. The van der Waals surface area contributed by atoms with Crippen molar-refractivity contribution in [3.63, 3.8) is 0 Å². The zero-order valence-electron chi connectivity index (χ0n) is 8.66. The monoisotopic (exact) mass is 213 g/mol. The second-order valence-corrected chi connectivity index (χ2v) is 3.52. The van der Waals surface area contributed by atoms with Gasteiger partial charge in [0.15, 0.2) is 0 Å². The average molecular weight is 213 g/mol. The fourth-order valence-electron chi connectivity index (χ4n) is 1.57. The Hall–Kier alpha value is -1.59. The molecule has 84 valence electrons. The lowest BCUT2D eigenvalue weighted by molar-refractivity contribution is -0.138. The summed E-state index contributed by atoms with van der Waals surface area (Å²) in [6.07, 6.45) is 0.202. The van der Waals surface area contributed by atoms with Crippen molar-refractivity contribution >= 4 is 17.7 Å². The third-order valence-electron chi connectivity index (χ3n) is 2.37. The summed E-state index contributed by atoms with van der Waals surface area (Å²) in [7, 11) is 0. The van der Waals surface area contributed by atoms with Gasteiger partial charge in [-0.15, -0.1) is 0 Å². The third-order valence-corrected chi connectivity index (χ3v) is 2.37. The lowest BCUT2D eigenvalue weighted by Crippen LogP contribution is -2.42. The molecule has 0 aromatic heterocycles. The van der Waals surface area contributed by atoms with E-state index in [-0.39, 0.29) is 30.7 Å². The molecule has 1 fully saturated rings. The number of hydrogen-bond donors (Lipinski definition) is 2. The largest absolute Gasteiger partial charge is 0.368 e. The molecule has 6 nitrogen and oxygen atoms in total. The number of rotatable bonds is 4. The van der Waals surface area contributed by atoms with Crippen molar-refractivity contribution < 1.29 is 14.4 Å². The minimum Gasteiger partial charge on any atom is -0.368 e. The molecule has 3 N–H and O–H groups in total. The smallest absolute Gasteiger partial charge is 0.237 e. The number of hydrogen-bond acceptors (Lipinski definition) is 3. The second kappa shape index (κ2) is 4.77. The van der Waals surface area contributed by atoms with Gasteiger partial charge in [0, 0.05) is 19.5 Å². The highest BCUT2D eigenvalue weighted by Crippen LogP contribution is 2.12. The Kier molecular flexibility index (Phi) is 3.65. The van der Waals surface area contributed by atoms with Crippen molar-refractivity contribution in [2.75, 3.05) is 19.6 Å². The SMILES string of the molecule is CCN(CC(N)=O)C(=O)C1CNC(=O)C1. The molecule has 0 aliphatic carbocycles. The molecule has 6 heteroatoms. The molecule has 15 heavy (non-hydrogen) atoms. The van der Waals surface area contributed by atoms with Crippen molar-refractivity contribution in [1.82, 2.24) is 10.2 Å². The zero-order valence-corrected chi connectivity index (χ0v) is 8.66. The zero-order chi connectivity index (χ0) is 11.4. The van der Waals surface area contributed by atoms with Crippen LogP contribution in [0.3, 0.4) is 0 Å². The molecule has 0 radical (unpaired) electrons. The van der Waals surface area contributed by atoms with E-state index in [1.165, 1.54) is 4.90 Å². The first-order chi connectivity index (χ1) is 7.04. The summed E-state index contributed by atoms with van der Waals surface area (Å²) in [5.41, 5.74) is 5.02. The molecule has 0 bridgehead atoms. The van der Waals surface area contributed by atoms with E-state index in [9.17, 15) is 14.4 Å². The topological polar surface area (TPSA) is 92.5 Å². The predicted molar refractivity (Wildman–Crippen MR) is 52.6 cm³/mol. The number of carbonyl (C=O) groups excluding carboxylic acids is 3. The van der Waals surface area contributed by atoms with Crippen LogP contribution in [0.25, 0.3) is 0 Å². The van der Waals surface area contributed by atoms with Gasteiger partial charge in [0.25, 0.3) is 0 Å². The predicted octanol–water partition coefficient (Wildman–Crippen LogP) is -1.54. The molecular formula is C9H15N3O3. The number of nitrogens with one attached hydrogen (secondary N) is 1. The molecule has 0 aromatic carbocycles. The molecular weight excluding hydrogens is 198 g/mol. The van der Waals surface area contributed by atoms with Crippen LogP contribution in [-0.2, 0) is 14.4 Å². The maximum Gasteiger partial charge on any atom is 0.237 e. The quantitative estimate of drug-likeness (QED) is 0.592. The molecule has 3 amide bonds. The molecule has 0 aromatic rings. The first kappa shape index (κ1) is 11.5. The molecule has 1 heterocycles. The van der Waals surface area contributed by atoms with Crippen molar-refractivity contribution in [1.29, 1.82) is 0 Å². The summed E-state index contributed by atoms with van der Waals surface area (Å²) in [6, 6.07) is 0. The van der Waals surface area contributed by atoms with Gasteiger partial charge in [0.2, 0.25) is 17.7 Å². The van der Waals surface area contributed by atoms with Gasteiger partial charge in [-0.1, -0.05) is 0 Å². The van der Waals surface area contributed by atoms with Crippen molar-refractivity contribution in [3.8, 4) is 0 Å². The van der Waals surface area contributed by atoms with E-state index >= 15 is 0 Å². The Morgan fingerprint density at radius 2 is 2.27 bits per heavy atom. The van der Waals surface area contributed by atoms with Crippen LogP contribution in [-0.4, -0.2) is 42.3 Å². The standard InChI is InChI=1S/C9H15N3O3/c1-2-12(5-7(10)13)9(15)6-3-8(14)11-4-6/h6H,2-5H2,1H3,(H2,10,13)(H,11,14). The van der Waals surface area contributed by atoms with E-state index in [0.717, 1.165) is 0 Å². The first-order valence-corrected chi connectivity index (χ1v) is 4.88. The highest BCUT2D eigenvalue weighted by molar-refractivity contribution is 5.91. The minimum atomic E-state index is -0.539. The van der Waals surface area contributed by atoms with Crippen LogP contribution in [0.5, 0.6) is 0 Å². The Morgan fingerprint density at radius 1 is 1.60 bits per heavy atom. The lowest BCUT2D eigenvalue weighted by atomic mass is 10.1. The highest BCUT2D eigenvalue weighted by Gasteiger charge is 2.31. The Bertz CT molecular complexity index is 290. The number of primary amides is 1. The molecule has 1 aliphatic rings. The van der Waals surface area contributed by atoms with Crippen LogP contribution in [0.15, 0.2) is 0 Å². The number of carbonyl (C=O) groups is 3. The van der Waals surface area contributed by atoms with E-state index in [2.05, 4.69) is 5.32 Å². The first-order valence-electron chi connectivity index (χ1n) is 4.88. The normalized spacial score (nSPS) is 19.8. The van der Waals surface area contributed by atoms with Crippen LogP contribution in [0.1, 0.15) is 13.3 Å². The van der Waals surface area contributed by atoms with Crippen LogP contribution in [0, 0.1) is 5.92 Å². The van der Waals surface area contributed by atoms with Gasteiger partial charge in [-0.25, -0.2) is 0 Å². The number of amides is 3. The summed E-state index contributed by atoms with van der Waals surface area (Å²) in [5.74, 6) is -1.20. The van der Waals surface area contributed by atoms with E-state index in [0.29, 0.717) is 13.1 Å². The van der Waals surface area contributed by atoms with E-state index in [1.54, 1.807) is 6.92 Å². The van der Waals surface area contributed by atoms with Crippen molar-refractivity contribution in [2.24, 2.45) is 11.7 Å². The molecule has 1 rings (SSSR count). The summed E-state index contributed by atoms with van der Waals surface area (Å²) < 4.78 is 0. The number of nitrogens with two attached hydrogens (primary N) is 1. The summed E-state index contributed by atoms with van der Waals surface area (Å²) >= 11 is 0. The molecule has 0 spiro atoms. The Labute approximate surface area is 87.8 Å². The second-order valence-electron chi connectivity index (χ2n) is 3.52. The van der Waals surface area contributed by atoms with Crippen LogP contribution >= 0.6 is 0 Å². The van der Waals surface area contributed by atoms with E-state index in [4.69, 9.17) is 5.73 Å². The van der Waals surface area contributed by atoms with Gasteiger partial charge in [0.1, 0.15) is 0 Å².